The standard InChI is InChI=1S/C23H32O4/c1-6-7-8-9-15-10-18(25-14(2)24)21-16-13-23(5)20(27-23)12-17(16)22(3,4)26-19(21)11-15/h10-11,16-17,20H,6-9,12-13H2,1-5H3/t16-,17-,20+,23-/m1/s1. The Balaban J connectivity index is 1.75. The second-order valence-corrected chi connectivity index (χ2v) is 9.33. The van der Waals surface area contributed by atoms with Crippen molar-refractivity contribution in [2.45, 2.75) is 96.4 Å². The van der Waals surface area contributed by atoms with Crippen LogP contribution in [0.3, 0.4) is 0 Å². The van der Waals surface area contributed by atoms with Crippen LogP contribution in [0.1, 0.15) is 83.8 Å². The van der Waals surface area contributed by atoms with Crippen LogP contribution in [-0.2, 0) is 16.0 Å². The third-order valence-electron chi connectivity index (χ3n) is 6.74. The van der Waals surface area contributed by atoms with Crippen LogP contribution in [0.5, 0.6) is 11.5 Å². The summed E-state index contributed by atoms with van der Waals surface area (Å²) in [6.07, 6.45) is 6.82. The molecule has 2 aliphatic heterocycles. The van der Waals surface area contributed by atoms with Gasteiger partial charge in [-0.2, -0.15) is 0 Å². The highest BCUT2D eigenvalue weighted by atomic mass is 16.6. The fourth-order valence-corrected chi connectivity index (χ4v) is 5.24. The zero-order valence-corrected chi connectivity index (χ0v) is 17.3. The second kappa shape index (κ2) is 6.51. The molecule has 0 spiro atoms. The van der Waals surface area contributed by atoms with Crippen molar-refractivity contribution in [2.24, 2.45) is 5.92 Å². The Morgan fingerprint density at radius 3 is 2.74 bits per heavy atom. The molecular weight excluding hydrogens is 340 g/mol. The van der Waals surface area contributed by atoms with Gasteiger partial charge in [0.1, 0.15) is 17.1 Å². The lowest BCUT2D eigenvalue weighted by Gasteiger charge is -2.47. The summed E-state index contributed by atoms with van der Waals surface area (Å²) in [5.74, 6) is 1.98. The van der Waals surface area contributed by atoms with E-state index in [9.17, 15) is 4.79 Å². The zero-order valence-electron chi connectivity index (χ0n) is 17.3. The van der Waals surface area contributed by atoms with Gasteiger partial charge in [-0.25, -0.2) is 0 Å². The molecule has 2 fully saturated rings. The van der Waals surface area contributed by atoms with Crippen LogP contribution in [0.2, 0.25) is 0 Å². The molecule has 1 aromatic carbocycles. The first-order valence-corrected chi connectivity index (χ1v) is 10.5. The number of rotatable bonds is 5. The zero-order chi connectivity index (χ0) is 19.4. The lowest BCUT2D eigenvalue weighted by atomic mass is 9.64. The van der Waals surface area contributed by atoms with Crippen molar-refractivity contribution in [3.05, 3.63) is 23.3 Å². The molecule has 1 aromatic rings. The van der Waals surface area contributed by atoms with E-state index in [-0.39, 0.29) is 17.2 Å². The number of ether oxygens (including phenoxy) is 3. The third kappa shape index (κ3) is 3.37. The van der Waals surface area contributed by atoms with Crippen molar-refractivity contribution >= 4 is 5.97 Å². The van der Waals surface area contributed by atoms with Crippen LogP contribution in [0, 0.1) is 5.92 Å². The van der Waals surface area contributed by atoms with Crippen LogP contribution in [-0.4, -0.2) is 23.3 Å². The van der Waals surface area contributed by atoms with Crippen LogP contribution in [0.4, 0.5) is 0 Å². The molecule has 0 aromatic heterocycles. The molecule has 0 bridgehead atoms. The van der Waals surface area contributed by atoms with Crippen LogP contribution >= 0.6 is 0 Å². The van der Waals surface area contributed by atoms with Crippen molar-refractivity contribution in [1.29, 1.82) is 0 Å². The largest absolute Gasteiger partial charge is 0.487 e. The maximum absolute atomic E-state index is 11.8. The number of fused-ring (bicyclic) bond motifs is 4. The van der Waals surface area contributed by atoms with Gasteiger partial charge >= 0.3 is 5.97 Å². The number of unbranched alkanes of at least 4 members (excludes halogenated alkanes) is 2. The van der Waals surface area contributed by atoms with Crippen LogP contribution < -0.4 is 9.47 Å². The number of carbonyl (C=O) groups is 1. The van der Waals surface area contributed by atoms with Crippen molar-refractivity contribution in [2.75, 3.05) is 0 Å². The topological polar surface area (TPSA) is 48.1 Å². The number of carbonyl (C=O) groups excluding carboxylic acids is 1. The fraction of sp³-hybridized carbons (Fsp3) is 0.696. The third-order valence-corrected chi connectivity index (χ3v) is 6.74. The molecule has 148 valence electrons. The Hall–Kier alpha value is -1.55. The number of hydrogen-bond donors (Lipinski definition) is 0. The normalized spacial score (nSPS) is 32.6. The van der Waals surface area contributed by atoms with E-state index in [1.54, 1.807) is 0 Å². The predicted molar refractivity (Wildman–Crippen MR) is 104 cm³/mol. The summed E-state index contributed by atoms with van der Waals surface area (Å²) < 4.78 is 18.2. The van der Waals surface area contributed by atoms with Crippen molar-refractivity contribution in [3.63, 3.8) is 0 Å². The SMILES string of the molecule is CCCCCc1cc(OC(C)=O)c2c(c1)OC(C)(C)[C@@H]1C[C@@H]3O[C@]3(C)C[C@@H]21. The highest BCUT2D eigenvalue weighted by molar-refractivity contribution is 5.71. The van der Waals surface area contributed by atoms with E-state index in [4.69, 9.17) is 14.2 Å². The molecule has 4 heteroatoms. The molecule has 1 aliphatic carbocycles. The molecule has 4 rings (SSSR count). The lowest BCUT2D eigenvalue weighted by molar-refractivity contribution is -0.132. The number of hydrogen-bond acceptors (Lipinski definition) is 4. The first kappa shape index (κ1) is 18.8. The highest BCUT2D eigenvalue weighted by Crippen LogP contribution is 2.62. The van der Waals surface area contributed by atoms with Gasteiger partial charge in [-0.1, -0.05) is 19.8 Å². The first-order valence-electron chi connectivity index (χ1n) is 10.5. The van der Waals surface area contributed by atoms with Crippen LogP contribution in [0.25, 0.3) is 0 Å². The van der Waals surface area contributed by atoms with E-state index in [2.05, 4.69) is 39.8 Å². The molecule has 27 heavy (non-hydrogen) atoms. The van der Waals surface area contributed by atoms with E-state index < -0.39 is 0 Å². The molecule has 3 aliphatic rings. The average Bonchev–Trinajstić information content (AvgIpc) is 3.22. The number of aryl methyl sites for hydroxylation is 1. The number of esters is 1. The Bertz CT molecular complexity index is 753. The van der Waals surface area contributed by atoms with Crippen molar-refractivity contribution in [1.82, 2.24) is 0 Å². The molecule has 4 atom stereocenters. The smallest absolute Gasteiger partial charge is 0.308 e. The number of epoxide rings is 1. The van der Waals surface area contributed by atoms with Gasteiger partial charge in [0.05, 0.1) is 11.7 Å². The highest BCUT2D eigenvalue weighted by Gasteiger charge is 2.63. The van der Waals surface area contributed by atoms with Gasteiger partial charge < -0.3 is 14.2 Å². The minimum atomic E-state index is -0.271. The molecular formula is C23H32O4. The summed E-state index contributed by atoms with van der Waals surface area (Å²) in [4.78, 5) is 11.8. The molecule has 4 nitrogen and oxygen atoms in total. The molecule has 0 amide bonds. The Kier molecular flexibility index (Phi) is 4.53. The van der Waals surface area contributed by atoms with E-state index in [0.717, 1.165) is 37.0 Å². The quantitative estimate of drug-likeness (QED) is 0.310. The maximum Gasteiger partial charge on any atom is 0.308 e. The second-order valence-electron chi connectivity index (χ2n) is 9.33. The summed E-state index contributed by atoms with van der Waals surface area (Å²) in [5.41, 5.74) is 1.99. The van der Waals surface area contributed by atoms with E-state index in [1.165, 1.54) is 25.3 Å². The summed E-state index contributed by atoms with van der Waals surface area (Å²) in [7, 11) is 0. The lowest BCUT2D eigenvalue weighted by Crippen LogP contribution is -2.48. The first-order chi connectivity index (χ1) is 12.7. The monoisotopic (exact) mass is 372 g/mol. The fourth-order valence-electron chi connectivity index (χ4n) is 5.24. The summed E-state index contributed by atoms with van der Waals surface area (Å²) in [6, 6.07) is 4.24. The van der Waals surface area contributed by atoms with Gasteiger partial charge in [0.15, 0.2) is 0 Å². The van der Waals surface area contributed by atoms with Crippen LogP contribution in [0.15, 0.2) is 12.1 Å². The van der Waals surface area contributed by atoms with Gasteiger partial charge in [0.2, 0.25) is 0 Å². The summed E-state index contributed by atoms with van der Waals surface area (Å²) in [6.45, 7) is 10.3. The summed E-state index contributed by atoms with van der Waals surface area (Å²) in [5, 5.41) is 0. The Morgan fingerprint density at radius 2 is 2.04 bits per heavy atom. The van der Waals surface area contributed by atoms with E-state index in [1.807, 2.05) is 0 Å². The molecule has 2 heterocycles. The minimum Gasteiger partial charge on any atom is -0.487 e. The molecule has 0 unspecified atom stereocenters. The van der Waals surface area contributed by atoms with E-state index in [0.29, 0.717) is 23.7 Å². The summed E-state index contributed by atoms with van der Waals surface area (Å²) >= 11 is 0. The van der Waals surface area contributed by atoms with Gasteiger partial charge in [-0.3, -0.25) is 4.79 Å². The Morgan fingerprint density at radius 1 is 1.26 bits per heavy atom. The molecule has 1 saturated carbocycles. The van der Waals surface area contributed by atoms with Gasteiger partial charge in [-0.15, -0.1) is 0 Å². The Labute approximate surface area is 162 Å². The van der Waals surface area contributed by atoms with Crippen molar-refractivity contribution < 1.29 is 19.0 Å². The molecule has 0 N–H and O–H groups in total. The average molecular weight is 373 g/mol. The molecule has 0 radical (unpaired) electrons. The minimum absolute atomic E-state index is 0.0286. The number of benzene rings is 1. The predicted octanol–water partition coefficient (Wildman–Crippen LogP) is 5.17. The molecule has 1 saturated heterocycles. The van der Waals surface area contributed by atoms with Gasteiger partial charge in [0.25, 0.3) is 0 Å². The maximum atomic E-state index is 11.8. The van der Waals surface area contributed by atoms with Crippen molar-refractivity contribution in [3.8, 4) is 11.5 Å². The van der Waals surface area contributed by atoms with Gasteiger partial charge in [0, 0.05) is 24.3 Å². The van der Waals surface area contributed by atoms with Gasteiger partial charge in [-0.05, 0) is 64.2 Å². The van der Waals surface area contributed by atoms with E-state index >= 15 is 0 Å².